The molecule has 1 aromatic carbocycles. The van der Waals surface area contributed by atoms with E-state index in [-0.39, 0.29) is 22.3 Å². The van der Waals surface area contributed by atoms with Crippen LogP contribution in [0.3, 0.4) is 0 Å². The monoisotopic (exact) mass is 380 g/mol. The van der Waals surface area contributed by atoms with Crippen LogP contribution in [0.1, 0.15) is 27.3 Å². The van der Waals surface area contributed by atoms with E-state index in [0.717, 1.165) is 43.0 Å². The predicted molar refractivity (Wildman–Crippen MR) is 94.4 cm³/mol. The SMILES string of the molecule is CN1CCCN(C(=O)c2csc(NC(=O)c3ccc(F)c(F)c3)n2)CC1. The number of likely N-dealkylation sites (N-methyl/N-ethyl adjacent to an activating group) is 1. The van der Waals surface area contributed by atoms with E-state index >= 15 is 0 Å². The molecule has 0 aliphatic carbocycles. The molecule has 2 amide bonds. The number of carbonyl (C=O) groups excluding carboxylic acids is 2. The third-order valence-electron chi connectivity index (χ3n) is 4.13. The summed E-state index contributed by atoms with van der Waals surface area (Å²) in [5, 5.41) is 4.32. The minimum Gasteiger partial charge on any atom is -0.336 e. The molecule has 1 aliphatic heterocycles. The molecule has 1 N–H and O–H groups in total. The second kappa shape index (κ2) is 7.88. The van der Waals surface area contributed by atoms with Gasteiger partial charge in [-0.05, 0) is 38.2 Å². The molecule has 0 atom stereocenters. The predicted octanol–water partition coefficient (Wildman–Crippen LogP) is 2.45. The van der Waals surface area contributed by atoms with E-state index in [9.17, 15) is 18.4 Å². The van der Waals surface area contributed by atoms with E-state index in [4.69, 9.17) is 0 Å². The highest BCUT2D eigenvalue weighted by Gasteiger charge is 2.21. The van der Waals surface area contributed by atoms with Crippen LogP contribution in [0, 0.1) is 11.6 Å². The molecule has 1 aromatic heterocycles. The fraction of sp³-hybridized carbons (Fsp3) is 0.353. The van der Waals surface area contributed by atoms with Gasteiger partial charge in [-0.2, -0.15) is 0 Å². The van der Waals surface area contributed by atoms with Crippen molar-refractivity contribution < 1.29 is 18.4 Å². The van der Waals surface area contributed by atoms with E-state index in [0.29, 0.717) is 13.1 Å². The molecule has 1 saturated heterocycles. The van der Waals surface area contributed by atoms with Crippen molar-refractivity contribution in [1.29, 1.82) is 0 Å². The Hall–Kier alpha value is -2.39. The van der Waals surface area contributed by atoms with Crippen LogP contribution in [0.2, 0.25) is 0 Å². The van der Waals surface area contributed by atoms with E-state index in [1.165, 1.54) is 6.07 Å². The molecular formula is C17H18F2N4O2S. The summed E-state index contributed by atoms with van der Waals surface area (Å²) in [6, 6.07) is 2.89. The summed E-state index contributed by atoms with van der Waals surface area (Å²) in [5.74, 6) is -2.91. The number of hydrogen-bond donors (Lipinski definition) is 1. The molecule has 0 spiro atoms. The Morgan fingerprint density at radius 1 is 1.15 bits per heavy atom. The van der Waals surface area contributed by atoms with Crippen LogP contribution in [0.15, 0.2) is 23.6 Å². The molecule has 138 valence electrons. The van der Waals surface area contributed by atoms with Crippen molar-refractivity contribution in [3.63, 3.8) is 0 Å². The van der Waals surface area contributed by atoms with Crippen LogP contribution in [-0.2, 0) is 0 Å². The molecule has 2 heterocycles. The molecule has 9 heteroatoms. The molecule has 3 rings (SSSR count). The van der Waals surface area contributed by atoms with E-state index in [1.807, 2.05) is 7.05 Å². The van der Waals surface area contributed by atoms with Gasteiger partial charge in [0.15, 0.2) is 16.8 Å². The normalized spacial score (nSPS) is 15.6. The van der Waals surface area contributed by atoms with Crippen molar-refractivity contribution in [1.82, 2.24) is 14.8 Å². The van der Waals surface area contributed by atoms with Gasteiger partial charge >= 0.3 is 0 Å². The van der Waals surface area contributed by atoms with Gasteiger partial charge in [0.25, 0.3) is 11.8 Å². The third kappa shape index (κ3) is 4.23. The number of benzene rings is 1. The number of amides is 2. The summed E-state index contributed by atoms with van der Waals surface area (Å²) in [6.45, 7) is 3.03. The highest BCUT2D eigenvalue weighted by Crippen LogP contribution is 2.19. The molecule has 6 nitrogen and oxygen atoms in total. The Morgan fingerprint density at radius 2 is 1.96 bits per heavy atom. The van der Waals surface area contributed by atoms with Gasteiger partial charge in [0, 0.05) is 30.6 Å². The zero-order valence-corrected chi connectivity index (χ0v) is 15.0. The maximum atomic E-state index is 13.2. The maximum absolute atomic E-state index is 13.2. The molecule has 0 saturated carbocycles. The van der Waals surface area contributed by atoms with Crippen LogP contribution in [0.25, 0.3) is 0 Å². The van der Waals surface area contributed by atoms with E-state index in [2.05, 4.69) is 15.2 Å². The van der Waals surface area contributed by atoms with Crippen LogP contribution in [0.5, 0.6) is 0 Å². The summed E-state index contributed by atoms with van der Waals surface area (Å²) < 4.78 is 26.2. The topological polar surface area (TPSA) is 65.5 Å². The van der Waals surface area contributed by atoms with Gasteiger partial charge in [-0.3, -0.25) is 14.9 Å². The largest absolute Gasteiger partial charge is 0.336 e. The lowest BCUT2D eigenvalue weighted by atomic mass is 10.2. The molecule has 0 unspecified atom stereocenters. The van der Waals surface area contributed by atoms with Crippen LogP contribution < -0.4 is 5.32 Å². The number of hydrogen-bond acceptors (Lipinski definition) is 5. The van der Waals surface area contributed by atoms with Crippen molar-refractivity contribution in [2.75, 3.05) is 38.5 Å². The number of anilines is 1. The van der Waals surface area contributed by atoms with Gasteiger partial charge in [0.1, 0.15) is 5.69 Å². The lowest BCUT2D eigenvalue weighted by molar-refractivity contribution is 0.0757. The Morgan fingerprint density at radius 3 is 2.73 bits per heavy atom. The minimum atomic E-state index is -1.10. The molecule has 1 aliphatic rings. The number of rotatable bonds is 3. The zero-order valence-electron chi connectivity index (χ0n) is 14.2. The molecule has 1 fully saturated rings. The smallest absolute Gasteiger partial charge is 0.273 e. The quantitative estimate of drug-likeness (QED) is 0.888. The standard InChI is InChI=1S/C17H18F2N4O2S/c1-22-5-2-6-23(8-7-22)16(25)14-10-26-17(20-14)21-15(24)11-3-4-12(18)13(19)9-11/h3-4,9-10H,2,5-8H2,1H3,(H,20,21,24). The average Bonchev–Trinajstić information content (AvgIpc) is 2.97. The first-order chi connectivity index (χ1) is 12.4. The molecule has 26 heavy (non-hydrogen) atoms. The van der Waals surface area contributed by atoms with Gasteiger partial charge in [-0.1, -0.05) is 0 Å². The van der Waals surface area contributed by atoms with Crippen LogP contribution >= 0.6 is 11.3 Å². The lowest BCUT2D eigenvalue weighted by Gasteiger charge is -2.19. The van der Waals surface area contributed by atoms with E-state index < -0.39 is 17.5 Å². The zero-order chi connectivity index (χ0) is 18.7. The van der Waals surface area contributed by atoms with Gasteiger partial charge in [-0.15, -0.1) is 11.3 Å². The van der Waals surface area contributed by atoms with Crippen molar-refractivity contribution in [2.24, 2.45) is 0 Å². The maximum Gasteiger partial charge on any atom is 0.273 e. The fourth-order valence-corrected chi connectivity index (χ4v) is 3.33. The second-order valence-corrected chi connectivity index (χ2v) is 6.93. The molecule has 0 bridgehead atoms. The van der Waals surface area contributed by atoms with E-state index in [1.54, 1.807) is 10.3 Å². The Balaban J connectivity index is 1.66. The summed E-state index contributed by atoms with van der Waals surface area (Å²) in [6.07, 6.45) is 0.895. The van der Waals surface area contributed by atoms with Gasteiger partial charge < -0.3 is 9.80 Å². The Kier molecular flexibility index (Phi) is 5.58. The van der Waals surface area contributed by atoms with Gasteiger partial charge in [0.2, 0.25) is 0 Å². The summed E-state index contributed by atoms with van der Waals surface area (Å²) >= 11 is 1.11. The lowest BCUT2D eigenvalue weighted by Crippen LogP contribution is -2.34. The molecular weight excluding hydrogens is 362 g/mol. The Labute approximate surface area is 153 Å². The summed E-state index contributed by atoms with van der Waals surface area (Å²) in [4.78, 5) is 32.7. The number of carbonyl (C=O) groups is 2. The number of aromatic nitrogens is 1. The highest BCUT2D eigenvalue weighted by atomic mass is 32.1. The first-order valence-electron chi connectivity index (χ1n) is 8.14. The second-order valence-electron chi connectivity index (χ2n) is 6.07. The van der Waals surface area contributed by atoms with Crippen molar-refractivity contribution >= 4 is 28.3 Å². The summed E-state index contributed by atoms with van der Waals surface area (Å²) in [5.41, 5.74) is 0.239. The molecule has 0 radical (unpaired) electrons. The number of nitrogens with one attached hydrogen (secondary N) is 1. The third-order valence-corrected chi connectivity index (χ3v) is 4.89. The molecule has 2 aromatic rings. The first-order valence-corrected chi connectivity index (χ1v) is 9.02. The van der Waals surface area contributed by atoms with Crippen LogP contribution in [-0.4, -0.2) is 59.8 Å². The highest BCUT2D eigenvalue weighted by molar-refractivity contribution is 7.14. The summed E-state index contributed by atoms with van der Waals surface area (Å²) in [7, 11) is 2.02. The van der Waals surface area contributed by atoms with Crippen LogP contribution in [0.4, 0.5) is 13.9 Å². The number of thiazole rings is 1. The average molecular weight is 380 g/mol. The first kappa shape index (κ1) is 18.4. The number of halogens is 2. The van der Waals surface area contributed by atoms with Gasteiger partial charge in [0.05, 0.1) is 0 Å². The minimum absolute atomic E-state index is 0.0254. The Bertz CT molecular complexity index is 827. The fourth-order valence-electron chi connectivity index (χ4n) is 2.65. The van der Waals surface area contributed by atoms with Crippen molar-refractivity contribution in [2.45, 2.75) is 6.42 Å². The van der Waals surface area contributed by atoms with Crippen molar-refractivity contribution in [3.05, 3.63) is 46.5 Å². The number of nitrogens with zero attached hydrogens (tertiary/aromatic N) is 3. The van der Waals surface area contributed by atoms with Crippen molar-refractivity contribution in [3.8, 4) is 0 Å². The van der Waals surface area contributed by atoms with Gasteiger partial charge in [-0.25, -0.2) is 13.8 Å².